The fourth-order valence-corrected chi connectivity index (χ4v) is 3.55. The van der Waals surface area contributed by atoms with E-state index in [1.54, 1.807) is 0 Å². The Morgan fingerprint density at radius 1 is 0.571 bits per heavy atom. The number of amides is 1. The number of carbonyl (C=O) groups is 2. The van der Waals surface area contributed by atoms with Gasteiger partial charge in [0.1, 0.15) is 0 Å². The van der Waals surface area contributed by atoms with Crippen molar-refractivity contribution in [1.82, 2.24) is 5.32 Å². The molecule has 0 aromatic carbocycles. The average molecular weight is 398 g/mol. The maximum Gasteiger partial charge on any atom is 0.303 e. The molecule has 1 amide bonds. The van der Waals surface area contributed by atoms with E-state index in [2.05, 4.69) is 12.2 Å². The molecule has 0 bridgehead atoms. The molecule has 0 aliphatic rings. The van der Waals surface area contributed by atoms with E-state index in [1.807, 2.05) is 0 Å². The summed E-state index contributed by atoms with van der Waals surface area (Å²) in [5.41, 5.74) is 0. The van der Waals surface area contributed by atoms with Crippen LogP contribution in [-0.4, -0.2) is 23.5 Å². The van der Waals surface area contributed by atoms with Crippen LogP contribution in [0, 0.1) is 0 Å². The lowest BCUT2D eigenvalue weighted by Gasteiger charge is -2.05. The third kappa shape index (κ3) is 23.0. The molecule has 0 rings (SSSR count). The molecule has 0 unspecified atom stereocenters. The molecule has 4 heteroatoms. The van der Waals surface area contributed by atoms with E-state index in [4.69, 9.17) is 5.11 Å². The largest absolute Gasteiger partial charge is 0.481 e. The molecule has 0 aromatic rings. The second kappa shape index (κ2) is 22.2. The number of carboxylic acids is 1. The van der Waals surface area contributed by atoms with E-state index in [9.17, 15) is 9.59 Å². The number of hydrogen-bond donors (Lipinski definition) is 2. The number of rotatable bonds is 22. The van der Waals surface area contributed by atoms with Crippen LogP contribution in [0.25, 0.3) is 0 Å². The number of nitrogens with one attached hydrogen (secondary N) is 1. The Bertz CT molecular complexity index is 358. The highest BCUT2D eigenvalue weighted by atomic mass is 16.4. The first-order chi connectivity index (χ1) is 13.7. The lowest BCUT2D eigenvalue weighted by molar-refractivity contribution is -0.137. The smallest absolute Gasteiger partial charge is 0.303 e. The number of carboxylic acid groups (broad SMARTS) is 1. The minimum atomic E-state index is -0.739. The minimum absolute atomic E-state index is 0.146. The van der Waals surface area contributed by atoms with Crippen LogP contribution in [0.5, 0.6) is 0 Å². The van der Waals surface area contributed by atoms with E-state index >= 15 is 0 Å². The van der Waals surface area contributed by atoms with Crippen LogP contribution in [0.3, 0.4) is 0 Å². The van der Waals surface area contributed by atoms with Crippen LogP contribution >= 0.6 is 0 Å². The summed E-state index contributed by atoms with van der Waals surface area (Å²) in [6.45, 7) is 2.95. The van der Waals surface area contributed by atoms with Gasteiger partial charge in [0.15, 0.2) is 0 Å². The highest BCUT2D eigenvalue weighted by molar-refractivity contribution is 5.75. The topological polar surface area (TPSA) is 66.4 Å². The molecule has 0 atom stereocenters. The summed E-state index contributed by atoms with van der Waals surface area (Å²) >= 11 is 0. The van der Waals surface area contributed by atoms with Gasteiger partial charge >= 0.3 is 5.97 Å². The molecule has 0 spiro atoms. The summed E-state index contributed by atoms with van der Waals surface area (Å²) in [5, 5.41) is 11.5. The fourth-order valence-electron chi connectivity index (χ4n) is 3.55. The summed E-state index contributed by atoms with van der Waals surface area (Å²) in [4.78, 5) is 22.1. The quantitative estimate of drug-likeness (QED) is 0.193. The lowest BCUT2D eigenvalue weighted by Crippen LogP contribution is -2.23. The molecule has 0 aliphatic carbocycles. The van der Waals surface area contributed by atoms with Gasteiger partial charge in [-0.05, 0) is 19.3 Å². The lowest BCUT2D eigenvalue weighted by atomic mass is 10.0. The van der Waals surface area contributed by atoms with Crippen LogP contribution < -0.4 is 5.32 Å². The Kier molecular flexibility index (Phi) is 21.4. The summed E-state index contributed by atoms with van der Waals surface area (Å²) < 4.78 is 0. The van der Waals surface area contributed by atoms with Gasteiger partial charge in [-0.25, -0.2) is 0 Å². The first-order valence-corrected chi connectivity index (χ1v) is 12.1. The van der Waals surface area contributed by atoms with Gasteiger partial charge in [0.2, 0.25) is 5.91 Å². The zero-order valence-electron chi connectivity index (χ0n) is 18.6. The zero-order valence-corrected chi connectivity index (χ0v) is 18.6. The Balaban J connectivity index is 3.14. The van der Waals surface area contributed by atoms with E-state index in [0.717, 1.165) is 25.7 Å². The monoisotopic (exact) mass is 397 g/mol. The molecule has 0 fully saturated rings. The summed E-state index contributed by atoms with van der Waals surface area (Å²) in [6.07, 6.45) is 23.4. The average Bonchev–Trinajstić information content (AvgIpc) is 2.67. The molecule has 0 saturated heterocycles. The van der Waals surface area contributed by atoms with Gasteiger partial charge in [-0.1, -0.05) is 103 Å². The van der Waals surface area contributed by atoms with Gasteiger partial charge in [0, 0.05) is 19.4 Å². The zero-order chi connectivity index (χ0) is 20.7. The van der Waals surface area contributed by atoms with Crippen molar-refractivity contribution in [3.63, 3.8) is 0 Å². The SMILES string of the molecule is CCCCCCCCCCCCCCCCCC(=O)NCCCCCC(=O)O. The van der Waals surface area contributed by atoms with Crippen molar-refractivity contribution < 1.29 is 14.7 Å². The third-order valence-electron chi connectivity index (χ3n) is 5.40. The maximum absolute atomic E-state index is 11.7. The molecule has 4 nitrogen and oxygen atoms in total. The standard InChI is InChI=1S/C24H47NO3/c1-2-3-4-5-6-7-8-9-10-11-12-13-14-15-17-20-23(26)25-22-19-16-18-21-24(27)28/h2-22H2,1H3,(H,25,26)(H,27,28). The van der Waals surface area contributed by atoms with Crippen molar-refractivity contribution in [2.75, 3.05) is 6.54 Å². The Morgan fingerprint density at radius 3 is 1.43 bits per heavy atom. The normalized spacial score (nSPS) is 10.9. The van der Waals surface area contributed by atoms with Crippen molar-refractivity contribution in [2.45, 2.75) is 135 Å². The first kappa shape index (κ1) is 26.9. The predicted octanol–water partition coefficient (Wildman–Crippen LogP) is 7.01. The fraction of sp³-hybridized carbons (Fsp3) is 0.917. The summed E-state index contributed by atoms with van der Waals surface area (Å²) in [5.74, 6) is -0.592. The minimum Gasteiger partial charge on any atom is -0.481 e. The van der Waals surface area contributed by atoms with Gasteiger partial charge in [-0.2, -0.15) is 0 Å². The van der Waals surface area contributed by atoms with Gasteiger partial charge in [-0.3, -0.25) is 9.59 Å². The van der Waals surface area contributed by atoms with Crippen molar-refractivity contribution in [2.24, 2.45) is 0 Å². The highest BCUT2D eigenvalue weighted by Gasteiger charge is 2.01. The third-order valence-corrected chi connectivity index (χ3v) is 5.40. The number of carbonyl (C=O) groups excluding carboxylic acids is 1. The van der Waals surface area contributed by atoms with E-state index in [-0.39, 0.29) is 12.3 Å². The molecule has 166 valence electrons. The van der Waals surface area contributed by atoms with Gasteiger partial charge < -0.3 is 10.4 Å². The second-order valence-corrected chi connectivity index (χ2v) is 8.25. The van der Waals surface area contributed by atoms with Gasteiger partial charge in [0.05, 0.1) is 0 Å². The molecule has 0 aromatic heterocycles. The molecule has 0 aliphatic heterocycles. The Morgan fingerprint density at radius 2 is 0.964 bits per heavy atom. The van der Waals surface area contributed by atoms with Crippen LogP contribution in [0.15, 0.2) is 0 Å². The molecular weight excluding hydrogens is 350 g/mol. The van der Waals surface area contributed by atoms with Crippen LogP contribution in [-0.2, 0) is 9.59 Å². The van der Waals surface area contributed by atoms with Gasteiger partial charge in [-0.15, -0.1) is 0 Å². The highest BCUT2D eigenvalue weighted by Crippen LogP contribution is 2.13. The van der Waals surface area contributed by atoms with Crippen LogP contribution in [0.2, 0.25) is 0 Å². The Labute approximate surface area is 174 Å². The van der Waals surface area contributed by atoms with Crippen molar-refractivity contribution in [3.8, 4) is 0 Å². The maximum atomic E-state index is 11.7. The molecule has 2 N–H and O–H groups in total. The van der Waals surface area contributed by atoms with Gasteiger partial charge in [0.25, 0.3) is 0 Å². The molecular formula is C24H47NO3. The molecule has 28 heavy (non-hydrogen) atoms. The van der Waals surface area contributed by atoms with Crippen LogP contribution in [0.1, 0.15) is 135 Å². The summed E-state index contributed by atoms with van der Waals surface area (Å²) in [6, 6.07) is 0. The Hall–Kier alpha value is -1.06. The summed E-state index contributed by atoms with van der Waals surface area (Å²) in [7, 11) is 0. The second-order valence-electron chi connectivity index (χ2n) is 8.25. The van der Waals surface area contributed by atoms with Crippen molar-refractivity contribution in [3.05, 3.63) is 0 Å². The van der Waals surface area contributed by atoms with Crippen LogP contribution in [0.4, 0.5) is 0 Å². The molecule has 0 radical (unpaired) electrons. The molecule has 0 saturated carbocycles. The van der Waals surface area contributed by atoms with E-state index in [0.29, 0.717) is 19.4 Å². The predicted molar refractivity (Wildman–Crippen MR) is 119 cm³/mol. The molecule has 0 heterocycles. The van der Waals surface area contributed by atoms with E-state index < -0.39 is 5.97 Å². The van der Waals surface area contributed by atoms with Crippen molar-refractivity contribution >= 4 is 11.9 Å². The first-order valence-electron chi connectivity index (χ1n) is 12.1. The number of hydrogen-bond acceptors (Lipinski definition) is 2. The number of unbranched alkanes of at least 4 members (excludes halogenated alkanes) is 16. The number of aliphatic carboxylic acids is 1. The van der Waals surface area contributed by atoms with E-state index in [1.165, 1.54) is 83.5 Å². The van der Waals surface area contributed by atoms with Crippen molar-refractivity contribution in [1.29, 1.82) is 0 Å².